The number of benzene rings is 3. The van der Waals surface area contributed by atoms with Gasteiger partial charge < -0.3 is 4.74 Å². The molecule has 3 aromatic carbocycles. The summed E-state index contributed by atoms with van der Waals surface area (Å²) >= 11 is 0. The van der Waals surface area contributed by atoms with Gasteiger partial charge in [0.2, 0.25) is 5.30 Å². The molecule has 0 radical (unpaired) electrons. The Bertz CT molecular complexity index is 868. The summed E-state index contributed by atoms with van der Waals surface area (Å²) in [6.07, 6.45) is 0. The molecule has 0 saturated carbocycles. The zero-order valence-electron chi connectivity index (χ0n) is 14.8. The number of ether oxygens (including phenoxy) is 1. The minimum atomic E-state index is -1.70. The third-order valence-corrected chi connectivity index (χ3v) is 5.88. The van der Waals surface area contributed by atoms with Crippen LogP contribution in [0.4, 0.5) is 0 Å². The van der Waals surface area contributed by atoms with E-state index >= 15 is 0 Å². The molecule has 3 aromatic rings. The highest BCUT2D eigenvalue weighted by Crippen LogP contribution is 2.30. The van der Waals surface area contributed by atoms with Crippen molar-refractivity contribution in [3.8, 4) is 16.9 Å². The summed E-state index contributed by atoms with van der Waals surface area (Å²) < 4.78 is 18.6. The zero-order valence-corrected chi connectivity index (χ0v) is 15.7. The van der Waals surface area contributed by atoms with Crippen LogP contribution in [0.25, 0.3) is 11.1 Å². The summed E-state index contributed by atoms with van der Waals surface area (Å²) in [5.74, 6) is 1.18. The Balaban J connectivity index is 2.06. The van der Waals surface area contributed by atoms with Crippen molar-refractivity contribution < 1.29 is 9.30 Å². The van der Waals surface area contributed by atoms with Gasteiger partial charge in [-0.3, -0.25) is 0 Å². The third kappa shape index (κ3) is 3.81. The molecule has 0 amide bonds. The molecular formula is C22H22O2P+. The van der Waals surface area contributed by atoms with Crippen LogP contribution in [-0.2, 0) is 4.57 Å². The Labute approximate surface area is 150 Å². The first-order chi connectivity index (χ1) is 12.1. The molecule has 1 unspecified atom stereocenters. The van der Waals surface area contributed by atoms with Crippen molar-refractivity contribution in [2.45, 2.75) is 19.8 Å². The molecule has 0 N–H and O–H groups in total. The Morgan fingerprint density at radius 2 is 1.56 bits per heavy atom. The van der Waals surface area contributed by atoms with Gasteiger partial charge >= 0.3 is 7.80 Å². The molecule has 3 rings (SSSR count). The standard InChI is InChI=1S/C22H22O2P/c1-16(2)17-9-12-20(13-10-17)25(23)22-15-19(24-3)11-14-21(22)18-7-5-4-6-8-18/h4-16H,1-3H3/q+1. The molecule has 0 aliphatic carbocycles. The minimum Gasteiger partial charge on any atom is -0.497 e. The van der Waals surface area contributed by atoms with Crippen molar-refractivity contribution in [2.24, 2.45) is 0 Å². The van der Waals surface area contributed by atoms with Crippen molar-refractivity contribution in [1.29, 1.82) is 0 Å². The molecular weight excluding hydrogens is 327 g/mol. The van der Waals surface area contributed by atoms with Crippen molar-refractivity contribution in [3.63, 3.8) is 0 Å². The second-order valence-electron chi connectivity index (χ2n) is 6.29. The molecule has 0 aliphatic heterocycles. The van der Waals surface area contributed by atoms with Gasteiger partial charge in [0.1, 0.15) is 5.75 Å². The average Bonchev–Trinajstić information content (AvgIpc) is 2.67. The van der Waals surface area contributed by atoms with Crippen LogP contribution in [0.5, 0.6) is 5.75 Å². The predicted molar refractivity (Wildman–Crippen MR) is 106 cm³/mol. The summed E-state index contributed by atoms with van der Waals surface area (Å²) in [4.78, 5) is 0. The third-order valence-electron chi connectivity index (χ3n) is 4.30. The van der Waals surface area contributed by atoms with Gasteiger partial charge in [0.05, 0.1) is 7.11 Å². The van der Waals surface area contributed by atoms with Crippen LogP contribution in [0.2, 0.25) is 0 Å². The fourth-order valence-electron chi connectivity index (χ4n) is 2.80. The fourth-order valence-corrected chi connectivity index (χ4v) is 4.17. The molecule has 2 nitrogen and oxygen atoms in total. The fraction of sp³-hybridized carbons (Fsp3) is 0.182. The SMILES string of the molecule is COc1ccc(-c2ccccc2)c([P+](=O)c2ccc(C(C)C)cc2)c1. The van der Waals surface area contributed by atoms with E-state index in [9.17, 15) is 4.57 Å². The van der Waals surface area contributed by atoms with Crippen LogP contribution in [0, 0.1) is 0 Å². The maximum Gasteiger partial charge on any atom is 0.416 e. The lowest BCUT2D eigenvalue weighted by Crippen LogP contribution is -2.10. The zero-order chi connectivity index (χ0) is 17.8. The Kier molecular flexibility index (Phi) is 5.31. The van der Waals surface area contributed by atoms with E-state index in [0.29, 0.717) is 5.92 Å². The second-order valence-corrected chi connectivity index (χ2v) is 7.88. The summed E-state index contributed by atoms with van der Waals surface area (Å²) in [6.45, 7) is 4.31. The lowest BCUT2D eigenvalue weighted by atomic mass is 10.0. The smallest absolute Gasteiger partial charge is 0.416 e. The van der Waals surface area contributed by atoms with E-state index in [1.54, 1.807) is 7.11 Å². The lowest BCUT2D eigenvalue weighted by molar-refractivity contribution is 0.415. The topological polar surface area (TPSA) is 26.3 Å². The second kappa shape index (κ2) is 7.63. The van der Waals surface area contributed by atoms with E-state index < -0.39 is 7.80 Å². The van der Waals surface area contributed by atoms with Gasteiger partial charge in [0, 0.05) is 11.6 Å². The van der Waals surface area contributed by atoms with Crippen LogP contribution in [0.3, 0.4) is 0 Å². The number of hydrogen-bond acceptors (Lipinski definition) is 2. The van der Waals surface area contributed by atoms with E-state index in [0.717, 1.165) is 27.5 Å². The minimum absolute atomic E-state index is 0.462. The predicted octanol–water partition coefficient (Wildman–Crippen LogP) is 5.26. The largest absolute Gasteiger partial charge is 0.497 e. The van der Waals surface area contributed by atoms with E-state index in [-0.39, 0.29) is 0 Å². The maximum atomic E-state index is 13.3. The van der Waals surface area contributed by atoms with Gasteiger partial charge in [-0.2, -0.15) is 0 Å². The van der Waals surface area contributed by atoms with Crippen LogP contribution >= 0.6 is 7.80 Å². The van der Waals surface area contributed by atoms with Crippen LogP contribution < -0.4 is 15.3 Å². The van der Waals surface area contributed by atoms with Gasteiger partial charge in [-0.15, -0.1) is 0 Å². The number of methoxy groups -OCH3 is 1. The average molecular weight is 349 g/mol. The quantitative estimate of drug-likeness (QED) is 0.587. The van der Waals surface area contributed by atoms with Gasteiger partial charge in [-0.25, -0.2) is 0 Å². The van der Waals surface area contributed by atoms with E-state index in [1.165, 1.54) is 5.56 Å². The van der Waals surface area contributed by atoms with E-state index in [1.807, 2.05) is 60.7 Å². The molecule has 25 heavy (non-hydrogen) atoms. The summed E-state index contributed by atoms with van der Waals surface area (Å²) in [7, 11) is -0.0680. The van der Waals surface area contributed by atoms with Crippen molar-refractivity contribution in [2.75, 3.05) is 7.11 Å². The van der Waals surface area contributed by atoms with E-state index in [2.05, 4.69) is 26.0 Å². The Hall–Kier alpha value is -2.44. The summed E-state index contributed by atoms with van der Waals surface area (Å²) in [5, 5.41) is 1.64. The monoisotopic (exact) mass is 349 g/mol. The number of hydrogen-bond donors (Lipinski definition) is 0. The molecule has 0 aliphatic rings. The molecule has 1 atom stereocenters. The highest BCUT2D eigenvalue weighted by atomic mass is 31.1. The summed E-state index contributed by atoms with van der Waals surface area (Å²) in [5.41, 5.74) is 3.29. The lowest BCUT2D eigenvalue weighted by Gasteiger charge is -2.06. The van der Waals surface area contributed by atoms with Gasteiger partial charge in [-0.1, -0.05) is 60.9 Å². The van der Waals surface area contributed by atoms with Crippen molar-refractivity contribution in [1.82, 2.24) is 0 Å². The Morgan fingerprint density at radius 3 is 2.16 bits per heavy atom. The van der Waals surface area contributed by atoms with Crippen LogP contribution in [0.1, 0.15) is 25.3 Å². The summed E-state index contributed by atoms with van der Waals surface area (Å²) in [6, 6.07) is 23.9. The first-order valence-electron chi connectivity index (χ1n) is 8.41. The highest BCUT2D eigenvalue weighted by Gasteiger charge is 2.28. The highest BCUT2D eigenvalue weighted by molar-refractivity contribution is 7.61. The van der Waals surface area contributed by atoms with Crippen molar-refractivity contribution in [3.05, 3.63) is 78.4 Å². The van der Waals surface area contributed by atoms with E-state index in [4.69, 9.17) is 4.74 Å². The van der Waals surface area contributed by atoms with Gasteiger partial charge in [-0.05, 0) is 41.3 Å². The molecule has 0 saturated heterocycles. The maximum absolute atomic E-state index is 13.3. The first-order valence-corrected chi connectivity index (χ1v) is 9.67. The van der Waals surface area contributed by atoms with Gasteiger partial charge in [0.25, 0.3) is 0 Å². The number of rotatable bonds is 5. The normalized spacial score (nSPS) is 11.4. The van der Waals surface area contributed by atoms with Gasteiger partial charge in [0.15, 0.2) is 5.30 Å². The molecule has 0 aromatic heterocycles. The van der Waals surface area contributed by atoms with Crippen LogP contribution in [-0.4, -0.2) is 7.11 Å². The van der Waals surface area contributed by atoms with Crippen LogP contribution in [0.15, 0.2) is 72.8 Å². The molecule has 3 heteroatoms. The molecule has 0 spiro atoms. The Morgan fingerprint density at radius 1 is 0.880 bits per heavy atom. The molecule has 0 bridgehead atoms. The van der Waals surface area contributed by atoms with Crippen molar-refractivity contribution >= 4 is 18.4 Å². The molecule has 0 fully saturated rings. The molecule has 0 heterocycles. The first kappa shape index (κ1) is 17.4. The molecule has 126 valence electrons.